The first-order chi connectivity index (χ1) is 3.95. The maximum Gasteiger partial charge on any atom is 0.298 e. The van der Waals surface area contributed by atoms with E-state index in [-0.39, 0.29) is 5.75 Å². The van der Waals surface area contributed by atoms with Crippen LogP contribution in [-0.4, -0.2) is 20.1 Å². The van der Waals surface area contributed by atoms with E-state index in [4.69, 9.17) is 0 Å². The number of thiol groups is 1. The van der Waals surface area contributed by atoms with Crippen LogP contribution in [0.1, 0.15) is 0 Å². The number of hydrogen-bond donors (Lipinski definition) is 3. The van der Waals surface area contributed by atoms with Crippen LogP contribution in [0.5, 0.6) is 0 Å². The molecule has 3 N–H and O–H groups in total. The van der Waals surface area contributed by atoms with Crippen molar-refractivity contribution in [1.82, 2.24) is 4.72 Å². The number of carbonyl (C=O) groups is 1. The SMILES string of the molecule is NS(=O)(=O)NC(=O)CS. The van der Waals surface area contributed by atoms with Gasteiger partial charge in [0.1, 0.15) is 0 Å². The quantitative estimate of drug-likeness (QED) is 0.429. The molecule has 0 unspecified atom stereocenters. The Bertz CT molecular complexity index is 196. The van der Waals surface area contributed by atoms with E-state index in [1.54, 1.807) is 0 Å². The summed E-state index contributed by atoms with van der Waals surface area (Å²) in [5, 5.41) is 4.42. The molecule has 0 aromatic carbocycles. The van der Waals surface area contributed by atoms with Gasteiger partial charge in [0.15, 0.2) is 0 Å². The van der Waals surface area contributed by atoms with Gasteiger partial charge in [-0.1, -0.05) is 0 Å². The molecule has 7 heteroatoms. The van der Waals surface area contributed by atoms with E-state index in [1.165, 1.54) is 4.72 Å². The smallest absolute Gasteiger partial charge is 0.273 e. The standard InChI is InChI=1S/C2H6N2O3S2/c3-9(6,7)4-2(5)1-8/h8H,1H2,(H,4,5)(H2,3,6,7). The van der Waals surface area contributed by atoms with E-state index in [1.807, 2.05) is 0 Å². The van der Waals surface area contributed by atoms with Crippen molar-refractivity contribution < 1.29 is 13.2 Å². The van der Waals surface area contributed by atoms with Crippen LogP contribution in [0.25, 0.3) is 0 Å². The highest BCUT2D eigenvalue weighted by Gasteiger charge is 2.04. The third kappa shape index (κ3) is 5.60. The van der Waals surface area contributed by atoms with Gasteiger partial charge in [-0.15, -0.1) is 0 Å². The Morgan fingerprint density at radius 2 is 2.11 bits per heavy atom. The largest absolute Gasteiger partial charge is 0.298 e. The summed E-state index contributed by atoms with van der Waals surface area (Å²) in [6.07, 6.45) is 0. The average molecular weight is 170 g/mol. The summed E-state index contributed by atoms with van der Waals surface area (Å²) >= 11 is 3.50. The highest BCUT2D eigenvalue weighted by molar-refractivity contribution is 7.88. The van der Waals surface area contributed by atoms with Crippen molar-refractivity contribution in [2.45, 2.75) is 0 Å². The van der Waals surface area contributed by atoms with Crippen molar-refractivity contribution in [2.24, 2.45) is 5.14 Å². The lowest BCUT2D eigenvalue weighted by atomic mass is 10.8. The summed E-state index contributed by atoms with van der Waals surface area (Å²) in [7, 11) is -3.88. The van der Waals surface area contributed by atoms with Crippen LogP contribution >= 0.6 is 12.6 Å². The van der Waals surface area contributed by atoms with Gasteiger partial charge in [-0.3, -0.25) is 4.79 Å². The minimum absolute atomic E-state index is 0.198. The maximum absolute atomic E-state index is 10.2. The van der Waals surface area contributed by atoms with Crippen LogP contribution in [0.4, 0.5) is 0 Å². The molecule has 0 aliphatic rings. The highest BCUT2D eigenvalue weighted by atomic mass is 32.2. The van der Waals surface area contributed by atoms with Gasteiger partial charge in [-0.25, -0.2) is 9.86 Å². The molecule has 0 aromatic rings. The molecule has 9 heavy (non-hydrogen) atoms. The predicted molar refractivity (Wildman–Crippen MR) is 35.1 cm³/mol. The van der Waals surface area contributed by atoms with Crippen molar-refractivity contribution in [3.05, 3.63) is 0 Å². The van der Waals surface area contributed by atoms with Crippen LogP contribution in [0.3, 0.4) is 0 Å². The summed E-state index contributed by atoms with van der Waals surface area (Å²) < 4.78 is 21.5. The fraction of sp³-hybridized carbons (Fsp3) is 0.500. The molecule has 1 amide bonds. The summed E-state index contributed by atoms with van der Waals surface area (Å²) in [5.41, 5.74) is 0. The summed E-state index contributed by atoms with van der Waals surface area (Å²) in [5.74, 6) is -0.933. The molecule has 0 aliphatic heterocycles. The Kier molecular flexibility index (Phi) is 2.95. The molecule has 0 radical (unpaired) electrons. The molecule has 0 saturated carbocycles. The van der Waals surface area contributed by atoms with E-state index in [9.17, 15) is 13.2 Å². The van der Waals surface area contributed by atoms with E-state index in [0.717, 1.165) is 0 Å². The molecule has 0 fully saturated rings. The molecule has 0 bridgehead atoms. The Hall–Kier alpha value is -0.270. The zero-order chi connectivity index (χ0) is 7.49. The van der Waals surface area contributed by atoms with Crippen LogP contribution in [0.15, 0.2) is 0 Å². The molecule has 54 valence electrons. The second-order valence-electron chi connectivity index (χ2n) is 1.23. The van der Waals surface area contributed by atoms with E-state index in [0.29, 0.717) is 0 Å². The van der Waals surface area contributed by atoms with Crippen molar-refractivity contribution in [2.75, 3.05) is 5.75 Å². The van der Waals surface area contributed by atoms with Crippen LogP contribution in [0, 0.1) is 0 Å². The average Bonchev–Trinajstić information content (AvgIpc) is 1.62. The molecule has 0 aliphatic carbocycles. The normalized spacial score (nSPS) is 10.9. The first-order valence-corrected chi connectivity index (χ1v) is 4.08. The van der Waals surface area contributed by atoms with Gasteiger partial charge in [0, 0.05) is 0 Å². The first-order valence-electron chi connectivity index (χ1n) is 1.90. The van der Waals surface area contributed by atoms with Gasteiger partial charge in [0.05, 0.1) is 5.75 Å². The fourth-order valence-corrected chi connectivity index (χ4v) is 0.766. The maximum atomic E-state index is 10.2. The lowest BCUT2D eigenvalue weighted by Crippen LogP contribution is -2.36. The molecule has 0 rings (SSSR count). The first kappa shape index (κ1) is 8.73. The molecule has 0 atom stereocenters. The minimum atomic E-state index is -3.88. The van der Waals surface area contributed by atoms with Crippen LogP contribution in [0.2, 0.25) is 0 Å². The van der Waals surface area contributed by atoms with Gasteiger partial charge in [0.2, 0.25) is 5.91 Å². The van der Waals surface area contributed by atoms with Crippen molar-refractivity contribution >= 4 is 28.7 Å². The number of rotatable bonds is 2. The summed E-state index contributed by atoms with van der Waals surface area (Å²) in [6.45, 7) is 0. The van der Waals surface area contributed by atoms with Crippen LogP contribution in [-0.2, 0) is 15.0 Å². The zero-order valence-corrected chi connectivity index (χ0v) is 6.08. The third-order valence-electron chi connectivity index (χ3n) is 0.400. The molecule has 5 nitrogen and oxygen atoms in total. The Labute approximate surface area is 58.2 Å². The Balaban J connectivity index is 3.91. The highest BCUT2D eigenvalue weighted by Crippen LogP contribution is 1.74. The Morgan fingerprint density at radius 3 is 2.22 bits per heavy atom. The number of amides is 1. The number of carbonyl (C=O) groups excluding carboxylic acids is 1. The van der Waals surface area contributed by atoms with Crippen molar-refractivity contribution in [3.63, 3.8) is 0 Å². The lowest BCUT2D eigenvalue weighted by molar-refractivity contribution is -0.116. The van der Waals surface area contributed by atoms with E-state index < -0.39 is 16.1 Å². The fourth-order valence-electron chi connectivity index (χ4n) is 0.191. The van der Waals surface area contributed by atoms with Crippen LogP contribution < -0.4 is 9.86 Å². The molecular weight excluding hydrogens is 164 g/mol. The van der Waals surface area contributed by atoms with Gasteiger partial charge >= 0.3 is 0 Å². The van der Waals surface area contributed by atoms with Gasteiger partial charge in [0.25, 0.3) is 10.2 Å². The molecule has 0 spiro atoms. The molecule has 0 aromatic heterocycles. The summed E-state index contributed by atoms with van der Waals surface area (Å²) in [6, 6.07) is 0. The van der Waals surface area contributed by atoms with E-state index >= 15 is 0 Å². The molecular formula is C2H6N2O3S2. The number of nitrogens with one attached hydrogen (secondary N) is 1. The minimum Gasteiger partial charge on any atom is -0.273 e. The topological polar surface area (TPSA) is 89.3 Å². The van der Waals surface area contributed by atoms with Gasteiger partial charge in [-0.2, -0.15) is 21.0 Å². The van der Waals surface area contributed by atoms with Crippen molar-refractivity contribution in [3.8, 4) is 0 Å². The zero-order valence-electron chi connectivity index (χ0n) is 4.36. The van der Waals surface area contributed by atoms with Gasteiger partial charge in [-0.05, 0) is 0 Å². The van der Waals surface area contributed by atoms with E-state index in [2.05, 4.69) is 17.8 Å². The summed E-state index contributed by atoms with van der Waals surface area (Å²) in [4.78, 5) is 10.2. The monoisotopic (exact) mass is 170 g/mol. The lowest BCUT2D eigenvalue weighted by Gasteiger charge is -1.95. The second kappa shape index (κ2) is 3.04. The second-order valence-corrected chi connectivity index (χ2v) is 2.84. The Morgan fingerprint density at radius 1 is 1.67 bits per heavy atom. The third-order valence-corrected chi connectivity index (χ3v) is 1.20. The van der Waals surface area contributed by atoms with Gasteiger partial charge < -0.3 is 0 Å². The number of nitrogens with two attached hydrogens (primary N) is 1. The molecule has 0 heterocycles. The molecule has 0 saturated heterocycles. The number of hydrogen-bond acceptors (Lipinski definition) is 4. The predicted octanol–water partition coefficient (Wildman–Crippen LogP) is -1.76. The van der Waals surface area contributed by atoms with Crippen molar-refractivity contribution in [1.29, 1.82) is 0 Å².